The van der Waals surface area contributed by atoms with E-state index in [-0.39, 0.29) is 30.3 Å². The normalized spacial score (nSPS) is 8.80. The van der Waals surface area contributed by atoms with Crippen LogP contribution in [0, 0.1) is 10.1 Å². The molecule has 0 unspecified atom stereocenters. The Morgan fingerprint density at radius 1 is 1.33 bits per heavy atom. The monoisotopic (exact) mass is 203 g/mol. The van der Waals surface area contributed by atoms with E-state index in [1.54, 1.807) is 0 Å². The van der Waals surface area contributed by atoms with Crippen LogP contribution in [-0.4, -0.2) is 17.5 Å². The molecule has 0 fully saturated rings. The fourth-order valence-corrected chi connectivity index (χ4v) is 0.806. The van der Waals surface area contributed by atoms with Gasteiger partial charge in [-0.2, -0.15) is 0 Å². The molecule has 0 aliphatic carbocycles. The number of carbonyl (C=O) groups is 1. The van der Waals surface area contributed by atoms with Gasteiger partial charge in [0.2, 0.25) is 0 Å². The second-order valence-electron chi connectivity index (χ2n) is 2.41. The number of carbonyl (C=O) groups excluding carboxylic acids is 1. The molecule has 7 heteroatoms. The van der Waals surface area contributed by atoms with Crippen molar-refractivity contribution in [1.82, 2.24) is 0 Å². The molecule has 1 aromatic rings. The van der Waals surface area contributed by atoms with Crippen LogP contribution in [0.4, 0.5) is 5.69 Å². The Labute approximate surface area is 97.2 Å². The molecule has 0 atom stereocenters. The van der Waals surface area contributed by atoms with Crippen molar-refractivity contribution in [3.05, 3.63) is 34.4 Å². The summed E-state index contributed by atoms with van der Waals surface area (Å²) in [5.41, 5.74) is -0.0780. The van der Waals surface area contributed by atoms with Gasteiger partial charge in [-0.25, -0.2) is 0 Å². The molecule has 0 radical (unpaired) electrons. The molecule has 6 nitrogen and oxygen atoms in total. The number of nitro benzene ring substituents is 1. The van der Waals surface area contributed by atoms with Gasteiger partial charge in [-0.3, -0.25) is 10.1 Å². The first-order chi connectivity index (χ1) is 6.59. The number of hydrogen-bond donors (Lipinski definition) is 0. The first kappa shape index (κ1) is 13.5. The minimum Gasteiger partial charge on any atom is -0.546 e. The number of benzene rings is 1. The molecular formula is C8H6LiNO5. The van der Waals surface area contributed by atoms with Crippen LogP contribution in [0.5, 0.6) is 5.75 Å². The first-order valence-corrected chi connectivity index (χ1v) is 3.66. The number of carboxylic acids is 1. The Morgan fingerprint density at radius 3 is 2.27 bits per heavy atom. The number of non-ortho nitro benzene ring substituents is 1. The van der Waals surface area contributed by atoms with Crippen LogP contribution >= 0.6 is 0 Å². The van der Waals surface area contributed by atoms with Crippen LogP contribution in [0.15, 0.2) is 24.3 Å². The van der Waals surface area contributed by atoms with Crippen LogP contribution in [0.25, 0.3) is 0 Å². The Kier molecular flexibility index (Phi) is 5.45. The summed E-state index contributed by atoms with van der Waals surface area (Å²) in [6.45, 7) is -0.572. The summed E-state index contributed by atoms with van der Waals surface area (Å²) < 4.78 is 4.72. The molecule has 0 saturated carbocycles. The molecule has 15 heavy (non-hydrogen) atoms. The Bertz CT molecular complexity index is 351. The zero-order chi connectivity index (χ0) is 10.6. The van der Waals surface area contributed by atoms with Gasteiger partial charge in [0, 0.05) is 12.1 Å². The van der Waals surface area contributed by atoms with Crippen molar-refractivity contribution < 1.29 is 38.4 Å². The molecule has 0 bridgehead atoms. The van der Waals surface area contributed by atoms with Crippen LogP contribution in [0.1, 0.15) is 0 Å². The molecule has 0 N–H and O–H groups in total. The van der Waals surface area contributed by atoms with Crippen LogP contribution < -0.4 is 28.7 Å². The van der Waals surface area contributed by atoms with Gasteiger partial charge in [0.25, 0.3) is 5.69 Å². The van der Waals surface area contributed by atoms with Crippen LogP contribution in [-0.2, 0) is 4.79 Å². The summed E-state index contributed by atoms with van der Waals surface area (Å²) in [7, 11) is 0. The summed E-state index contributed by atoms with van der Waals surface area (Å²) in [4.78, 5) is 19.7. The van der Waals surface area contributed by atoms with E-state index in [0.29, 0.717) is 0 Å². The van der Waals surface area contributed by atoms with Crippen molar-refractivity contribution in [2.45, 2.75) is 0 Å². The van der Waals surface area contributed by atoms with Gasteiger partial charge in [-0.1, -0.05) is 0 Å². The van der Waals surface area contributed by atoms with E-state index in [0.717, 1.165) is 0 Å². The second-order valence-corrected chi connectivity index (χ2v) is 2.41. The molecule has 1 rings (SSSR count). The SMILES string of the molecule is O=C([O-])COc1ccc([N+](=O)[O-])cc1.[Li+]. The van der Waals surface area contributed by atoms with E-state index in [2.05, 4.69) is 0 Å². The van der Waals surface area contributed by atoms with E-state index in [1.807, 2.05) is 0 Å². The zero-order valence-electron chi connectivity index (χ0n) is 8.00. The van der Waals surface area contributed by atoms with Crippen molar-refractivity contribution in [3.63, 3.8) is 0 Å². The second kappa shape index (κ2) is 6.06. The number of nitro groups is 1. The molecule has 0 spiro atoms. The standard InChI is InChI=1S/C8H7NO5.Li/c10-8(11)5-14-7-3-1-6(2-4-7)9(12)13;/h1-4H,5H2,(H,10,11);/q;+1/p-1. The molecule has 0 saturated heterocycles. The molecule has 0 aliphatic rings. The van der Waals surface area contributed by atoms with Gasteiger partial charge in [-0.05, 0) is 12.1 Å². The number of carboxylic acid groups (broad SMARTS) is 1. The van der Waals surface area contributed by atoms with Crippen LogP contribution in [0.3, 0.4) is 0 Å². The predicted molar refractivity (Wildman–Crippen MR) is 43.6 cm³/mol. The largest absolute Gasteiger partial charge is 1.00 e. The van der Waals surface area contributed by atoms with Crippen molar-refractivity contribution >= 4 is 11.7 Å². The van der Waals surface area contributed by atoms with Crippen LogP contribution in [0.2, 0.25) is 0 Å². The third-order valence-electron chi connectivity index (χ3n) is 1.40. The molecule has 0 amide bonds. The van der Waals surface area contributed by atoms with Gasteiger partial charge in [0.1, 0.15) is 12.4 Å². The maximum Gasteiger partial charge on any atom is 1.00 e. The molecule has 0 aliphatic heterocycles. The number of nitrogens with zero attached hydrogens (tertiary/aromatic N) is 1. The third-order valence-corrected chi connectivity index (χ3v) is 1.40. The maximum atomic E-state index is 10.2. The number of hydrogen-bond acceptors (Lipinski definition) is 5. The first-order valence-electron chi connectivity index (χ1n) is 3.66. The van der Waals surface area contributed by atoms with E-state index in [9.17, 15) is 20.0 Å². The molecule has 0 aromatic heterocycles. The van der Waals surface area contributed by atoms with E-state index in [4.69, 9.17) is 4.74 Å². The minimum absolute atomic E-state index is 0. The van der Waals surface area contributed by atoms with Gasteiger partial charge < -0.3 is 14.6 Å². The van der Waals surface area contributed by atoms with Gasteiger partial charge >= 0.3 is 18.9 Å². The number of rotatable bonds is 4. The summed E-state index contributed by atoms with van der Waals surface area (Å²) in [5.74, 6) is -1.09. The smallest absolute Gasteiger partial charge is 0.546 e. The van der Waals surface area contributed by atoms with Gasteiger partial charge in [-0.15, -0.1) is 0 Å². The predicted octanol–water partition coefficient (Wildman–Crippen LogP) is -3.27. The number of aliphatic carboxylic acids is 1. The van der Waals surface area contributed by atoms with E-state index < -0.39 is 17.5 Å². The topological polar surface area (TPSA) is 92.5 Å². The Morgan fingerprint density at radius 2 is 1.87 bits per heavy atom. The number of ether oxygens (including phenoxy) is 1. The zero-order valence-corrected chi connectivity index (χ0v) is 8.00. The molecule has 74 valence electrons. The summed E-state index contributed by atoms with van der Waals surface area (Å²) >= 11 is 0. The fourth-order valence-electron chi connectivity index (χ4n) is 0.806. The quantitative estimate of drug-likeness (QED) is 0.291. The van der Waals surface area contributed by atoms with Crippen molar-refractivity contribution in [3.8, 4) is 5.75 Å². The van der Waals surface area contributed by atoms with Crippen molar-refractivity contribution in [2.75, 3.05) is 6.61 Å². The minimum atomic E-state index is -1.34. The van der Waals surface area contributed by atoms with Crippen molar-refractivity contribution in [2.24, 2.45) is 0 Å². The van der Waals surface area contributed by atoms with E-state index in [1.165, 1.54) is 24.3 Å². The molecule has 1 aromatic carbocycles. The maximum absolute atomic E-state index is 10.2. The Hall–Kier alpha value is -1.51. The summed E-state index contributed by atoms with van der Waals surface area (Å²) in [6, 6.07) is 5.09. The van der Waals surface area contributed by atoms with Gasteiger partial charge in [0.15, 0.2) is 0 Å². The Balaban J connectivity index is 0.00000196. The van der Waals surface area contributed by atoms with Gasteiger partial charge in [0.05, 0.1) is 10.9 Å². The molecular weight excluding hydrogens is 197 g/mol. The summed E-state index contributed by atoms with van der Waals surface area (Å²) in [6.07, 6.45) is 0. The average Bonchev–Trinajstić information content (AvgIpc) is 2.15. The summed E-state index contributed by atoms with van der Waals surface area (Å²) in [5, 5.41) is 20.2. The third kappa shape index (κ3) is 4.49. The molecule has 0 heterocycles. The fraction of sp³-hybridized carbons (Fsp3) is 0.125. The average molecular weight is 203 g/mol. The van der Waals surface area contributed by atoms with E-state index >= 15 is 0 Å². The van der Waals surface area contributed by atoms with Crippen molar-refractivity contribution in [1.29, 1.82) is 0 Å².